The van der Waals surface area contributed by atoms with Crippen LogP contribution in [-0.4, -0.2) is 36.7 Å². The molecule has 2 aromatic rings. The van der Waals surface area contributed by atoms with E-state index in [0.29, 0.717) is 12.6 Å². The minimum atomic E-state index is -0.356. The average molecular weight is 338 g/mol. The molecule has 3 heterocycles. The molecule has 132 valence electrons. The van der Waals surface area contributed by atoms with Gasteiger partial charge < -0.3 is 4.74 Å². The SMILES string of the molecule is CC[C@@H]1CN2CC[C@H]1C[C@@H]2COC(=O)Nc1cccc2ccccc12. The van der Waals surface area contributed by atoms with Crippen molar-refractivity contribution in [3.63, 3.8) is 0 Å². The number of rotatable bonds is 4. The number of hydrogen-bond acceptors (Lipinski definition) is 3. The first-order valence-corrected chi connectivity index (χ1v) is 9.40. The van der Waals surface area contributed by atoms with Crippen LogP contribution in [0.25, 0.3) is 10.8 Å². The van der Waals surface area contributed by atoms with E-state index in [1.807, 2.05) is 42.5 Å². The monoisotopic (exact) mass is 338 g/mol. The second-order valence-electron chi connectivity index (χ2n) is 7.35. The van der Waals surface area contributed by atoms with Gasteiger partial charge in [0.25, 0.3) is 0 Å². The van der Waals surface area contributed by atoms with Crippen molar-refractivity contribution in [3.8, 4) is 0 Å². The minimum Gasteiger partial charge on any atom is -0.448 e. The number of fused-ring (bicyclic) bond motifs is 4. The fraction of sp³-hybridized carbons (Fsp3) is 0.476. The minimum absolute atomic E-state index is 0.356. The largest absolute Gasteiger partial charge is 0.448 e. The van der Waals surface area contributed by atoms with E-state index in [2.05, 4.69) is 17.1 Å². The van der Waals surface area contributed by atoms with Crippen molar-refractivity contribution in [3.05, 3.63) is 42.5 Å². The Kier molecular flexibility index (Phi) is 4.62. The van der Waals surface area contributed by atoms with Gasteiger partial charge in [-0.2, -0.15) is 0 Å². The maximum Gasteiger partial charge on any atom is 0.411 e. The molecule has 4 heteroatoms. The van der Waals surface area contributed by atoms with Crippen LogP contribution in [0.15, 0.2) is 42.5 Å². The lowest BCUT2D eigenvalue weighted by Gasteiger charge is -2.49. The Labute approximate surface area is 149 Å². The molecule has 2 bridgehead atoms. The zero-order valence-electron chi connectivity index (χ0n) is 14.8. The predicted octanol–water partition coefficient (Wildman–Crippen LogP) is 4.51. The third-order valence-corrected chi connectivity index (χ3v) is 5.97. The summed E-state index contributed by atoms with van der Waals surface area (Å²) in [4.78, 5) is 14.8. The summed E-state index contributed by atoms with van der Waals surface area (Å²) in [7, 11) is 0. The van der Waals surface area contributed by atoms with Crippen molar-refractivity contribution < 1.29 is 9.53 Å². The number of ether oxygens (including phenoxy) is 1. The summed E-state index contributed by atoms with van der Waals surface area (Å²) in [6, 6.07) is 14.3. The van der Waals surface area contributed by atoms with Crippen LogP contribution in [0.4, 0.5) is 10.5 Å². The lowest BCUT2D eigenvalue weighted by atomic mass is 9.75. The molecule has 3 aliphatic rings. The molecule has 4 nitrogen and oxygen atoms in total. The van der Waals surface area contributed by atoms with Gasteiger partial charge in [0.1, 0.15) is 6.61 Å². The highest BCUT2D eigenvalue weighted by Gasteiger charge is 2.39. The van der Waals surface area contributed by atoms with Gasteiger partial charge in [0.15, 0.2) is 0 Å². The number of carbonyl (C=O) groups is 1. The zero-order chi connectivity index (χ0) is 17.2. The molecule has 1 unspecified atom stereocenters. The van der Waals surface area contributed by atoms with Crippen molar-refractivity contribution >= 4 is 22.6 Å². The molecule has 1 N–H and O–H groups in total. The van der Waals surface area contributed by atoms with Crippen molar-refractivity contribution in [2.45, 2.75) is 32.2 Å². The van der Waals surface area contributed by atoms with E-state index in [1.165, 1.54) is 25.8 Å². The van der Waals surface area contributed by atoms with Crippen molar-refractivity contribution in [2.24, 2.45) is 11.8 Å². The maximum atomic E-state index is 12.3. The molecule has 3 fully saturated rings. The predicted molar refractivity (Wildman–Crippen MR) is 101 cm³/mol. The number of carbonyl (C=O) groups excluding carboxylic acids is 1. The summed E-state index contributed by atoms with van der Waals surface area (Å²) in [5.41, 5.74) is 0.805. The number of anilines is 1. The molecular formula is C21H26N2O2. The van der Waals surface area contributed by atoms with E-state index < -0.39 is 0 Å². The summed E-state index contributed by atoms with van der Waals surface area (Å²) in [6.45, 7) is 5.10. The van der Waals surface area contributed by atoms with Gasteiger partial charge in [0.2, 0.25) is 0 Å². The molecular weight excluding hydrogens is 312 g/mol. The van der Waals surface area contributed by atoms with Crippen molar-refractivity contribution in [2.75, 3.05) is 25.0 Å². The van der Waals surface area contributed by atoms with Crippen molar-refractivity contribution in [1.29, 1.82) is 0 Å². The fourth-order valence-electron chi connectivity index (χ4n) is 4.54. The van der Waals surface area contributed by atoms with E-state index in [1.54, 1.807) is 0 Å². The maximum absolute atomic E-state index is 12.3. The molecule has 5 rings (SSSR count). The Bertz CT molecular complexity index is 755. The second kappa shape index (κ2) is 7.04. The van der Waals surface area contributed by atoms with Gasteiger partial charge in [0.05, 0.1) is 5.69 Å². The lowest BCUT2D eigenvalue weighted by molar-refractivity contribution is -0.0240. The van der Waals surface area contributed by atoms with Crippen LogP contribution >= 0.6 is 0 Å². The highest BCUT2D eigenvalue weighted by atomic mass is 16.5. The van der Waals surface area contributed by atoms with Crippen LogP contribution in [-0.2, 0) is 4.74 Å². The topological polar surface area (TPSA) is 41.6 Å². The number of nitrogens with zero attached hydrogens (tertiary/aromatic N) is 1. The summed E-state index contributed by atoms with van der Waals surface area (Å²) >= 11 is 0. The highest BCUT2D eigenvalue weighted by Crippen LogP contribution is 2.37. The van der Waals surface area contributed by atoms with E-state index in [-0.39, 0.29) is 6.09 Å². The smallest absolute Gasteiger partial charge is 0.411 e. The molecule has 25 heavy (non-hydrogen) atoms. The van der Waals surface area contributed by atoms with E-state index in [9.17, 15) is 4.79 Å². The van der Waals surface area contributed by atoms with Gasteiger partial charge in [0, 0.05) is 18.0 Å². The highest BCUT2D eigenvalue weighted by molar-refractivity contribution is 6.00. The Morgan fingerprint density at radius 1 is 1.24 bits per heavy atom. The van der Waals surface area contributed by atoms with Gasteiger partial charge in [-0.05, 0) is 42.7 Å². The quantitative estimate of drug-likeness (QED) is 0.892. The molecule has 0 spiro atoms. The van der Waals surface area contributed by atoms with Crippen molar-refractivity contribution in [1.82, 2.24) is 4.90 Å². The number of amides is 1. The Balaban J connectivity index is 1.35. The Morgan fingerprint density at radius 3 is 2.88 bits per heavy atom. The van der Waals surface area contributed by atoms with Gasteiger partial charge >= 0.3 is 6.09 Å². The average Bonchev–Trinajstić information content (AvgIpc) is 2.67. The zero-order valence-corrected chi connectivity index (χ0v) is 14.8. The van der Waals surface area contributed by atoms with Crippen LogP contribution in [0.2, 0.25) is 0 Å². The summed E-state index contributed by atoms with van der Waals surface area (Å²) in [5.74, 6) is 1.64. The van der Waals surface area contributed by atoms with Crippen LogP contribution < -0.4 is 5.32 Å². The number of nitrogens with one attached hydrogen (secondary N) is 1. The molecule has 0 saturated carbocycles. The van der Waals surface area contributed by atoms with E-state index in [4.69, 9.17) is 4.74 Å². The van der Waals surface area contributed by atoms with Gasteiger partial charge in [-0.1, -0.05) is 49.7 Å². The van der Waals surface area contributed by atoms with Gasteiger partial charge in [-0.25, -0.2) is 4.79 Å². The normalized spacial score (nSPS) is 28.0. The summed E-state index contributed by atoms with van der Waals surface area (Å²) in [6.07, 6.45) is 3.37. The van der Waals surface area contributed by atoms with Gasteiger partial charge in [-0.3, -0.25) is 10.2 Å². The molecule has 3 aliphatic heterocycles. The van der Waals surface area contributed by atoms with Crippen LogP contribution in [0.3, 0.4) is 0 Å². The number of piperidine rings is 3. The molecule has 4 atom stereocenters. The van der Waals surface area contributed by atoms with Crippen LogP contribution in [0.5, 0.6) is 0 Å². The lowest BCUT2D eigenvalue weighted by Crippen LogP contribution is -2.54. The van der Waals surface area contributed by atoms with Gasteiger partial charge in [-0.15, -0.1) is 0 Å². The Hall–Kier alpha value is -2.07. The molecule has 1 amide bonds. The van der Waals surface area contributed by atoms with Crippen LogP contribution in [0.1, 0.15) is 26.2 Å². The number of hydrogen-bond donors (Lipinski definition) is 1. The molecule has 3 saturated heterocycles. The first-order chi connectivity index (χ1) is 12.2. The summed E-state index contributed by atoms with van der Waals surface area (Å²) in [5, 5.41) is 5.06. The standard InChI is InChI=1S/C21H26N2O2/c1-2-15-13-23-11-10-17(15)12-18(23)14-25-21(24)22-20-9-5-7-16-6-3-4-8-19(16)20/h3-9,15,17-18H,2,10-14H2,1H3,(H,22,24)/t15-,17+,18-/m1/s1. The fourth-order valence-corrected chi connectivity index (χ4v) is 4.54. The second-order valence-corrected chi connectivity index (χ2v) is 7.35. The molecule has 0 aliphatic carbocycles. The molecule has 0 radical (unpaired) electrons. The van der Waals surface area contributed by atoms with E-state index >= 15 is 0 Å². The summed E-state index contributed by atoms with van der Waals surface area (Å²) < 4.78 is 5.56. The molecule has 0 aromatic heterocycles. The third-order valence-electron chi connectivity index (χ3n) is 5.97. The number of benzene rings is 2. The molecule has 2 aromatic carbocycles. The Morgan fingerprint density at radius 2 is 2.08 bits per heavy atom. The van der Waals surface area contributed by atoms with E-state index in [0.717, 1.165) is 34.8 Å². The third kappa shape index (κ3) is 3.36. The van der Waals surface area contributed by atoms with Crippen LogP contribution in [0, 0.1) is 11.8 Å². The first-order valence-electron chi connectivity index (χ1n) is 9.40. The first kappa shape index (κ1) is 16.4.